The van der Waals surface area contributed by atoms with Crippen molar-refractivity contribution in [2.24, 2.45) is 5.92 Å². The molecule has 1 heterocycles. The van der Waals surface area contributed by atoms with E-state index in [4.69, 9.17) is 0 Å². The topological polar surface area (TPSA) is 70.2 Å². The van der Waals surface area contributed by atoms with Crippen molar-refractivity contribution >= 4 is 12.3 Å². The summed E-state index contributed by atoms with van der Waals surface area (Å²) in [5, 5.41) is 9.31. The first kappa shape index (κ1) is 15.5. The second-order valence-corrected chi connectivity index (χ2v) is 5.27. The van der Waals surface area contributed by atoms with Gasteiger partial charge in [-0.05, 0) is 23.8 Å². The van der Waals surface area contributed by atoms with Crippen LogP contribution < -0.4 is 0 Å². The van der Waals surface area contributed by atoms with Gasteiger partial charge in [0.15, 0.2) is 6.29 Å². The zero-order valence-corrected chi connectivity index (χ0v) is 12.1. The van der Waals surface area contributed by atoms with E-state index in [1.807, 2.05) is 13.8 Å². The van der Waals surface area contributed by atoms with Gasteiger partial charge in [-0.25, -0.2) is 4.79 Å². The number of aromatic nitrogens is 1. The molecule has 0 fully saturated rings. The molecule has 0 unspecified atom stereocenters. The van der Waals surface area contributed by atoms with Gasteiger partial charge in [0, 0.05) is 5.69 Å². The summed E-state index contributed by atoms with van der Waals surface area (Å²) in [6, 6.07) is 0. The largest absolute Gasteiger partial charge is 0.478 e. The second kappa shape index (κ2) is 6.55. The Balaban J connectivity index is 3.31. The highest BCUT2D eigenvalue weighted by Crippen LogP contribution is 2.29. The van der Waals surface area contributed by atoms with Crippen molar-refractivity contribution in [3.05, 3.63) is 22.5 Å². The minimum atomic E-state index is -1.03. The van der Waals surface area contributed by atoms with Gasteiger partial charge in [-0.2, -0.15) is 0 Å². The quantitative estimate of drug-likeness (QED) is 0.739. The van der Waals surface area contributed by atoms with Crippen LogP contribution in [0.4, 0.5) is 0 Å². The van der Waals surface area contributed by atoms with Crippen LogP contribution in [0.2, 0.25) is 0 Å². The van der Waals surface area contributed by atoms with Gasteiger partial charge in [0.05, 0.1) is 11.3 Å². The molecule has 4 nitrogen and oxygen atoms in total. The summed E-state index contributed by atoms with van der Waals surface area (Å²) in [5.41, 5.74) is 2.02. The lowest BCUT2D eigenvalue weighted by molar-refractivity contribution is 0.0692. The number of aldehydes is 1. The molecule has 19 heavy (non-hydrogen) atoms. The van der Waals surface area contributed by atoms with Crippen LogP contribution >= 0.6 is 0 Å². The number of rotatable bonds is 7. The highest BCUT2D eigenvalue weighted by Gasteiger charge is 2.25. The highest BCUT2D eigenvalue weighted by atomic mass is 16.4. The number of aromatic carboxylic acids is 1. The van der Waals surface area contributed by atoms with Crippen LogP contribution in [0.5, 0.6) is 0 Å². The molecule has 0 spiro atoms. The van der Waals surface area contributed by atoms with Crippen molar-refractivity contribution < 1.29 is 14.7 Å². The van der Waals surface area contributed by atoms with Crippen LogP contribution in [-0.4, -0.2) is 22.3 Å². The lowest BCUT2D eigenvalue weighted by atomic mass is 9.91. The average molecular weight is 265 g/mol. The number of carbonyl (C=O) groups is 2. The van der Waals surface area contributed by atoms with E-state index >= 15 is 0 Å². The van der Waals surface area contributed by atoms with Crippen molar-refractivity contribution in [3.63, 3.8) is 0 Å². The van der Waals surface area contributed by atoms with Gasteiger partial charge in [-0.3, -0.25) is 4.79 Å². The number of hydrogen-bond acceptors (Lipinski definition) is 2. The number of nitrogens with one attached hydrogen (secondary N) is 1. The van der Waals surface area contributed by atoms with Crippen molar-refractivity contribution in [2.75, 3.05) is 0 Å². The van der Waals surface area contributed by atoms with Crippen molar-refractivity contribution in [1.82, 2.24) is 4.98 Å². The van der Waals surface area contributed by atoms with Crippen LogP contribution in [-0.2, 0) is 6.42 Å². The number of carboxylic acids is 1. The van der Waals surface area contributed by atoms with Crippen LogP contribution in [0.3, 0.4) is 0 Å². The minimum Gasteiger partial charge on any atom is -0.478 e. The summed E-state index contributed by atoms with van der Waals surface area (Å²) in [7, 11) is 0. The molecule has 0 aliphatic heterocycles. The standard InChI is InChI=1S/C15H23NO3/c1-5-10(6-2)7-11-13(9(3)4)14(15(18)19)12(8-17)16-11/h8-10,16H,5-7H2,1-4H3,(H,18,19). The predicted octanol–water partition coefficient (Wildman–Crippen LogP) is 3.63. The zero-order valence-electron chi connectivity index (χ0n) is 12.1. The van der Waals surface area contributed by atoms with Gasteiger partial charge in [0.25, 0.3) is 0 Å². The molecule has 106 valence electrons. The maximum Gasteiger partial charge on any atom is 0.338 e. The van der Waals surface area contributed by atoms with Crippen LogP contribution in [0.15, 0.2) is 0 Å². The Morgan fingerprint density at radius 1 is 1.32 bits per heavy atom. The molecule has 2 N–H and O–H groups in total. The Morgan fingerprint density at radius 2 is 1.89 bits per heavy atom. The summed E-state index contributed by atoms with van der Waals surface area (Å²) in [6.07, 6.45) is 3.50. The van der Waals surface area contributed by atoms with Gasteiger partial charge >= 0.3 is 5.97 Å². The molecule has 0 aromatic carbocycles. The van der Waals surface area contributed by atoms with E-state index in [1.165, 1.54) is 0 Å². The number of aromatic amines is 1. The number of hydrogen-bond donors (Lipinski definition) is 2. The third-order valence-electron chi connectivity index (χ3n) is 3.71. The maximum absolute atomic E-state index is 11.4. The Morgan fingerprint density at radius 3 is 2.26 bits per heavy atom. The molecule has 1 rings (SSSR count). The van der Waals surface area contributed by atoms with Crippen molar-refractivity contribution in [2.45, 2.75) is 52.9 Å². The summed E-state index contributed by atoms with van der Waals surface area (Å²) >= 11 is 0. The lowest BCUT2D eigenvalue weighted by Gasteiger charge is -2.14. The Hall–Kier alpha value is -1.58. The maximum atomic E-state index is 11.4. The predicted molar refractivity (Wildman–Crippen MR) is 75.0 cm³/mol. The Kier molecular flexibility index (Phi) is 5.33. The summed E-state index contributed by atoms with van der Waals surface area (Å²) < 4.78 is 0. The molecule has 4 heteroatoms. The van der Waals surface area contributed by atoms with Crippen molar-refractivity contribution in [3.8, 4) is 0 Å². The number of carbonyl (C=O) groups excluding carboxylic acids is 1. The molecule has 0 amide bonds. The first-order valence-corrected chi connectivity index (χ1v) is 6.89. The molecule has 0 bridgehead atoms. The minimum absolute atomic E-state index is 0.0837. The molecule has 1 aromatic rings. The van der Waals surface area contributed by atoms with E-state index in [0.717, 1.165) is 30.5 Å². The van der Waals surface area contributed by atoms with Gasteiger partial charge in [-0.1, -0.05) is 40.5 Å². The van der Waals surface area contributed by atoms with E-state index in [1.54, 1.807) is 0 Å². The van der Waals surface area contributed by atoms with Gasteiger partial charge in [0.1, 0.15) is 0 Å². The Labute approximate surface area is 114 Å². The molecule has 0 saturated heterocycles. The smallest absolute Gasteiger partial charge is 0.338 e. The number of carboxylic acid groups (broad SMARTS) is 1. The molecular formula is C15H23NO3. The van der Waals surface area contributed by atoms with Crippen LogP contribution in [0, 0.1) is 5.92 Å². The SMILES string of the molecule is CCC(CC)Cc1[nH]c(C=O)c(C(=O)O)c1C(C)C. The van der Waals surface area contributed by atoms with E-state index in [0.29, 0.717) is 12.2 Å². The van der Waals surface area contributed by atoms with Crippen molar-refractivity contribution in [1.29, 1.82) is 0 Å². The normalized spacial score (nSPS) is 11.3. The van der Waals surface area contributed by atoms with Gasteiger partial charge < -0.3 is 10.1 Å². The summed E-state index contributed by atoms with van der Waals surface area (Å²) in [5.74, 6) is -0.435. The molecule has 1 aromatic heterocycles. The fourth-order valence-electron chi connectivity index (χ4n) is 2.57. The first-order valence-electron chi connectivity index (χ1n) is 6.89. The highest BCUT2D eigenvalue weighted by molar-refractivity contribution is 5.98. The van der Waals surface area contributed by atoms with E-state index < -0.39 is 5.97 Å². The van der Waals surface area contributed by atoms with E-state index in [-0.39, 0.29) is 17.2 Å². The van der Waals surface area contributed by atoms with Gasteiger partial charge in [-0.15, -0.1) is 0 Å². The molecular weight excluding hydrogens is 242 g/mol. The summed E-state index contributed by atoms with van der Waals surface area (Å²) in [4.78, 5) is 25.4. The van der Waals surface area contributed by atoms with E-state index in [9.17, 15) is 14.7 Å². The second-order valence-electron chi connectivity index (χ2n) is 5.27. The monoisotopic (exact) mass is 265 g/mol. The Bertz CT molecular complexity index is 456. The molecule has 0 atom stereocenters. The van der Waals surface area contributed by atoms with E-state index in [2.05, 4.69) is 18.8 Å². The third kappa shape index (κ3) is 3.25. The van der Waals surface area contributed by atoms with Gasteiger partial charge in [0.2, 0.25) is 0 Å². The molecule has 0 aliphatic rings. The lowest BCUT2D eigenvalue weighted by Crippen LogP contribution is -2.07. The summed E-state index contributed by atoms with van der Waals surface area (Å²) in [6.45, 7) is 8.18. The molecule has 0 aliphatic carbocycles. The number of H-pyrrole nitrogens is 1. The third-order valence-corrected chi connectivity index (χ3v) is 3.71. The fraction of sp³-hybridized carbons (Fsp3) is 0.600. The first-order chi connectivity index (χ1) is 8.96. The molecule has 0 saturated carbocycles. The average Bonchev–Trinajstić information content (AvgIpc) is 2.74. The van der Waals surface area contributed by atoms with Crippen LogP contribution in [0.25, 0.3) is 0 Å². The zero-order chi connectivity index (χ0) is 14.6. The molecule has 0 radical (unpaired) electrons. The fourth-order valence-corrected chi connectivity index (χ4v) is 2.57. The van der Waals surface area contributed by atoms with Crippen LogP contribution in [0.1, 0.15) is 78.6 Å².